The van der Waals surface area contributed by atoms with Gasteiger partial charge < -0.3 is 90.0 Å². The first-order valence-electron chi connectivity index (χ1n) is 12.6. The van der Waals surface area contributed by atoms with Crippen molar-refractivity contribution < 1.29 is 133 Å². The largest absolute Gasteiger partial charge is 0.517 e. The molecule has 10 N–H and O–H groups in total. The van der Waals surface area contributed by atoms with E-state index in [1.807, 2.05) is 6.92 Å². The van der Waals surface area contributed by atoms with Crippen molar-refractivity contribution in [3.63, 3.8) is 0 Å². The fourth-order valence-electron chi connectivity index (χ4n) is 2.07. The Morgan fingerprint density at radius 1 is 0.543 bits per heavy atom. The Hall–Kier alpha value is 1.54. The van der Waals surface area contributed by atoms with Gasteiger partial charge in [0.1, 0.15) is 12.3 Å². The quantitative estimate of drug-likeness (QED) is 0.0603. The van der Waals surface area contributed by atoms with E-state index in [-0.39, 0.29) is 75.0 Å². The SMILES string of the molecule is CCC(C[Si](O)(OC)OC)OCC(COC[Si](O)(OC)O[Si](C)(O)OC)OC.CO.CO.CO.CO.CO.CO[Si](C)(O)O.[Ti].[Ti]. The van der Waals surface area contributed by atoms with Gasteiger partial charge in [-0.05, 0) is 6.42 Å². The Morgan fingerprint density at radius 3 is 1.17 bits per heavy atom. The summed E-state index contributed by atoms with van der Waals surface area (Å²) in [7, 11) is -0.442. The molecule has 46 heavy (non-hydrogen) atoms. The molecule has 0 spiro atoms. The second kappa shape index (κ2) is 46.5. The van der Waals surface area contributed by atoms with Crippen LogP contribution in [0.4, 0.5) is 0 Å². The minimum Gasteiger partial charge on any atom is -0.400 e. The predicted molar refractivity (Wildman–Crippen MR) is 169 cm³/mol. The van der Waals surface area contributed by atoms with Crippen molar-refractivity contribution in [1.29, 1.82) is 0 Å². The van der Waals surface area contributed by atoms with Gasteiger partial charge in [-0.25, -0.2) is 0 Å². The van der Waals surface area contributed by atoms with Crippen molar-refractivity contribution >= 4 is 35.2 Å². The third-order valence-electron chi connectivity index (χ3n) is 4.45. The first-order chi connectivity index (χ1) is 20.6. The first kappa shape index (κ1) is 69.3. The van der Waals surface area contributed by atoms with Crippen LogP contribution in [-0.4, -0.2) is 195 Å². The Labute approximate surface area is 309 Å². The number of aliphatic hydroxyl groups is 5. The van der Waals surface area contributed by atoms with E-state index in [4.69, 9.17) is 71.2 Å². The molecular formula is C21H64O19Si4Ti2. The Bertz CT molecular complexity index is 532. The molecule has 0 saturated carbocycles. The zero-order valence-electron chi connectivity index (χ0n) is 29.8. The molecule has 25 heteroatoms. The molecule has 0 aliphatic carbocycles. The van der Waals surface area contributed by atoms with E-state index in [9.17, 15) is 14.4 Å². The van der Waals surface area contributed by atoms with Crippen molar-refractivity contribution in [2.24, 2.45) is 0 Å². The monoisotopic (exact) mass is 828 g/mol. The standard InChI is InChI=1S/C14H36O11Si3.C2H8O3Si.5CH4O.2Ti/c1-8-13(11-27(16,20-4)21-5)24-10-14(18-2)9-23-12-28(17,22-6)25-26(7,15)19-3;1-5-6(2,3)4;5*1-2;;/h13-17H,8-12H2,1-7H3;3-4H,1-2H3;5*2H,1H3;;. The number of hydrogen-bond donors (Lipinski definition) is 10. The minimum atomic E-state index is -3.75. The Balaban J connectivity index is -0.0000000919. The van der Waals surface area contributed by atoms with Crippen LogP contribution in [0.1, 0.15) is 13.3 Å². The summed E-state index contributed by atoms with van der Waals surface area (Å²) in [5, 5.41) is 35.0. The molecule has 4 atom stereocenters. The maximum absolute atomic E-state index is 10.4. The molecular weight excluding hydrogens is 764 g/mol. The molecule has 0 heterocycles. The van der Waals surface area contributed by atoms with Crippen LogP contribution in [-0.2, 0) is 83.9 Å². The van der Waals surface area contributed by atoms with Crippen LogP contribution >= 0.6 is 0 Å². The molecule has 0 aliphatic heterocycles. The third-order valence-corrected chi connectivity index (χ3v) is 12.2. The number of aliphatic hydroxyl groups excluding tert-OH is 5. The topological polar surface area (TPSA) is 285 Å². The molecule has 19 nitrogen and oxygen atoms in total. The predicted octanol–water partition coefficient (Wildman–Crippen LogP) is -3.40. The molecule has 0 aromatic heterocycles. The van der Waals surface area contributed by atoms with Gasteiger partial charge in [-0.15, -0.1) is 0 Å². The number of methoxy groups -OCH3 is 1. The minimum absolute atomic E-state index is 0. The molecule has 0 fully saturated rings. The Morgan fingerprint density at radius 2 is 0.913 bits per heavy atom. The van der Waals surface area contributed by atoms with E-state index in [0.29, 0.717) is 6.42 Å². The van der Waals surface area contributed by atoms with Gasteiger partial charge >= 0.3 is 35.2 Å². The third kappa shape index (κ3) is 47.7. The first-order valence-corrected chi connectivity index (χ1v) is 21.1. The van der Waals surface area contributed by atoms with Crippen LogP contribution < -0.4 is 0 Å². The van der Waals surface area contributed by atoms with Crippen molar-refractivity contribution in [3.8, 4) is 0 Å². The maximum atomic E-state index is 10.4. The van der Waals surface area contributed by atoms with E-state index in [2.05, 4.69) is 4.43 Å². The summed E-state index contributed by atoms with van der Waals surface area (Å²) in [6.07, 6.45) is -0.289. The number of ether oxygens (including phenoxy) is 3. The number of rotatable bonds is 18. The van der Waals surface area contributed by atoms with E-state index < -0.39 is 41.3 Å². The molecule has 4 unspecified atom stereocenters. The van der Waals surface area contributed by atoms with Crippen molar-refractivity contribution in [1.82, 2.24) is 0 Å². The summed E-state index contributed by atoms with van der Waals surface area (Å²) in [5.41, 5.74) is 0. The number of hydrogen-bond acceptors (Lipinski definition) is 19. The second-order valence-electron chi connectivity index (χ2n) is 7.32. The maximum Gasteiger partial charge on any atom is 0.517 e. The summed E-state index contributed by atoms with van der Waals surface area (Å²) >= 11 is 0. The molecule has 0 aromatic rings. The van der Waals surface area contributed by atoms with Crippen LogP contribution in [0.25, 0.3) is 0 Å². The average molecular weight is 829 g/mol. The van der Waals surface area contributed by atoms with Gasteiger partial charge in [-0.3, -0.25) is 0 Å². The molecule has 0 aliphatic rings. The summed E-state index contributed by atoms with van der Waals surface area (Å²) in [6, 6.07) is 0.259. The zero-order valence-corrected chi connectivity index (χ0v) is 37.0. The van der Waals surface area contributed by atoms with Crippen molar-refractivity contribution in [2.45, 2.75) is 44.7 Å². The van der Waals surface area contributed by atoms with Gasteiger partial charge in [-0.1, -0.05) is 6.92 Å². The van der Waals surface area contributed by atoms with Crippen LogP contribution in [0.15, 0.2) is 0 Å². The molecule has 0 saturated heterocycles. The average Bonchev–Trinajstić information content (AvgIpc) is 3.06. The summed E-state index contributed by atoms with van der Waals surface area (Å²) in [6.45, 7) is 4.86. The Kier molecular flexibility index (Phi) is 70.1. The molecule has 0 bridgehead atoms. The molecule has 0 amide bonds. The molecule has 0 radical (unpaired) electrons. The zero-order chi connectivity index (χ0) is 37.1. The van der Waals surface area contributed by atoms with Crippen LogP contribution in [0.3, 0.4) is 0 Å². The normalized spacial score (nSPS) is 13.8. The fraction of sp³-hybridized carbons (Fsp3) is 1.00. The molecule has 0 aromatic carbocycles. The van der Waals surface area contributed by atoms with Gasteiger partial charge in [0, 0.05) is 141 Å². The fourth-order valence-corrected chi connectivity index (χ4v) is 7.32. The van der Waals surface area contributed by atoms with Gasteiger partial charge in [-0.2, -0.15) is 0 Å². The van der Waals surface area contributed by atoms with Crippen LogP contribution in [0.2, 0.25) is 19.1 Å². The van der Waals surface area contributed by atoms with Gasteiger partial charge in [0.05, 0.1) is 19.3 Å². The smallest absolute Gasteiger partial charge is 0.400 e. The molecule has 0 rings (SSSR count). The van der Waals surface area contributed by atoms with Crippen molar-refractivity contribution in [3.05, 3.63) is 0 Å². The van der Waals surface area contributed by atoms with Gasteiger partial charge in [0.15, 0.2) is 0 Å². The molecule has 286 valence electrons. The van der Waals surface area contributed by atoms with Gasteiger partial charge in [0.25, 0.3) is 0 Å². The van der Waals surface area contributed by atoms with E-state index in [1.54, 1.807) is 0 Å². The van der Waals surface area contributed by atoms with E-state index in [1.165, 1.54) is 55.8 Å². The van der Waals surface area contributed by atoms with Crippen LogP contribution in [0.5, 0.6) is 0 Å². The van der Waals surface area contributed by atoms with E-state index in [0.717, 1.165) is 35.5 Å². The van der Waals surface area contributed by atoms with Gasteiger partial charge in [0.2, 0.25) is 0 Å². The summed E-state index contributed by atoms with van der Waals surface area (Å²) in [5.74, 6) is 0. The summed E-state index contributed by atoms with van der Waals surface area (Å²) < 4.78 is 46.0. The van der Waals surface area contributed by atoms with Crippen LogP contribution in [0, 0.1) is 0 Å². The van der Waals surface area contributed by atoms with Crippen molar-refractivity contribution in [2.75, 3.05) is 97.7 Å². The second-order valence-corrected chi connectivity index (χ2v) is 17.4. The summed E-state index contributed by atoms with van der Waals surface area (Å²) in [4.78, 5) is 47.1. The van der Waals surface area contributed by atoms with E-state index >= 15 is 0 Å².